The number of hydrogen-bond acceptors (Lipinski definition) is 10. The zero-order chi connectivity index (χ0) is 27.0. The maximum absolute atomic E-state index is 13.1. The van der Waals surface area contributed by atoms with Crippen molar-refractivity contribution in [2.45, 2.75) is 44.2 Å². The molecule has 1 saturated heterocycles. The Morgan fingerprint density at radius 3 is 2.59 bits per heavy atom. The number of pyridine rings is 1. The minimum absolute atomic E-state index is 0.0239. The molecule has 0 amide bonds. The van der Waals surface area contributed by atoms with Crippen LogP contribution in [0.5, 0.6) is 5.88 Å². The number of aliphatic hydroxyl groups excluding tert-OH is 1. The molecule has 13 heteroatoms. The SMILES string of the molecule is CCN(CC1CCCO1)S(=O)(=O)c1ccc(/N=N/c2c(C)c(C#N)c(=O)n(CCOCCO)c2O)cc1. The summed E-state index contributed by atoms with van der Waals surface area (Å²) in [6, 6.07) is 7.64. The monoisotopic (exact) mass is 533 g/mol. The number of aromatic hydroxyl groups is 1. The third kappa shape index (κ3) is 6.60. The molecule has 2 N–H and O–H groups in total. The molecule has 1 aromatic carbocycles. The summed E-state index contributed by atoms with van der Waals surface area (Å²) in [4.78, 5) is 12.7. The Bertz CT molecular complexity index is 1310. The minimum atomic E-state index is -3.73. The molecule has 0 aliphatic carbocycles. The highest BCUT2D eigenvalue weighted by Gasteiger charge is 2.28. The van der Waals surface area contributed by atoms with Crippen molar-refractivity contribution in [3.8, 4) is 11.9 Å². The van der Waals surface area contributed by atoms with E-state index >= 15 is 0 Å². The van der Waals surface area contributed by atoms with E-state index in [4.69, 9.17) is 14.6 Å². The van der Waals surface area contributed by atoms with Crippen molar-refractivity contribution in [2.24, 2.45) is 10.2 Å². The molecule has 0 radical (unpaired) electrons. The normalized spacial score (nSPS) is 16.0. The molecule has 0 spiro atoms. The summed E-state index contributed by atoms with van der Waals surface area (Å²) < 4.78 is 39.3. The van der Waals surface area contributed by atoms with Crippen molar-refractivity contribution >= 4 is 21.4 Å². The van der Waals surface area contributed by atoms with Crippen LogP contribution in [0.2, 0.25) is 0 Å². The Labute approximate surface area is 215 Å². The Morgan fingerprint density at radius 2 is 2.00 bits per heavy atom. The van der Waals surface area contributed by atoms with Crippen LogP contribution in [-0.2, 0) is 26.0 Å². The molecule has 2 heterocycles. The predicted molar refractivity (Wildman–Crippen MR) is 134 cm³/mol. The maximum atomic E-state index is 13.1. The number of hydrogen-bond donors (Lipinski definition) is 2. The second-order valence-electron chi connectivity index (χ2n) is 8.36. The van der Waals surface area contributed by atoms with E-state index in [9.17, 15) is 23.6 Å². The predicted octanol–water partition coefficient (Wildman–Crippen LogP) is 2.35. The molecule has 1 unspecified atom stereocenters. The van der Waals surface area contributed by atoms with Gasteiger partial charge in [-0.2, -0.15) is 14.7 Å². The van der Waals surface area contributed by atoms with Crippen molar-refractivity contribution in [2.75, 3.05) is 39.5 Å². The first kappa shape index (κ1) is 28.4. The van der Waals surface area contributed by atoms with Crippen LogP contribution < -0.4 is 5.56 Å². The number of aliphatic hydroxyl groups is 1. The highest BCUT2D eigenvalue weighted by atomic mass is 32.2. The van der Waals surface area contributed by atoms with Crippen LogP contribution in [0.3, 0.4) is 0 Å². The molecule has 2 aromatic rings. The number of ether oxygens (including phenoxy) is 2. The zero-order valence-electron chi connectivity index (χ0n) is 20.8. The second kappa shape index (κ2) is 12.9. The quantitative estimate of drug-likeness (QED) is 0.310. The molecular formula is C24H31N5O7S. The van der Waals surface area contributed by atoms with Crippen LogP contribution >= 0.6 is 0 Å². The third-order valence-electron chi connectivity index (χ3n) is 5.99. The molecule has 3 rings (SSSR count). The fourth-order valence-corrected chi connectivity index (χ4v) is 5.42. The number of likely N-dealkylation sites (N-methyl/N-ethyl adjacent to an activating group) is 1. The fourth-order valence-electron chi connectivity index (χ4n) is 3.94. The Balaban J connectivity index is 1.84. The number of nitriles is 1. The van der Waals surface area contributed by atoms with Gasteiger partial charge >= 0.3 is 0 Å². The molecule has 37 heavy (non-hydrogen) atoms. The molecule has 0 saturated carbocycles. The minimum Gasteiger partial charge on any atom is -0.493 e. The van der Waals surface area contributed by atoms with Gasteiger partial charge in [0.2, 0.25) is 15.9 Å². The van der Waals surface area contributed by atoms with Crippen molar-refractivity contribution in [3.05, 3.63) is 45.7 Å². The van der Waals surface area contributed by atoms with Crippen molar-refractivity contribution in [3.63, 3.8) is 0 Å². The molecule has 1 aliphatic heterocycles. The first-order valence-corrected chi connectivity index (χ1v) is 13.4. The first-order valence-electron chi connectivity index (χ1n) is 11.9. The first-order chi connectivity index (χ1) is 17.7. The van der Waals surface area contributed by atoms with Crippen LogP contribution in [0.1, 0.15) is 30.9 Å². The number of azo groups is 1. The van der Waals surface area contributed by atoms with Crippen LogP contribution in [0, 0.1) is 18.3 Å². The number of nitrogens with zero attached hydrogens (tertiary/aromatic N) is 5. The topological polar surface area (TPSA) is 167 Å². The summed E-state index contributed by atoms with van der Waals surface area (Å²) in [5, 5.41) is 37.0. The maximum Gasteiger partial charge on any atom is 0.271 e. The van der Waals surface area contributed by atoms with Gasteiger partial charge in [0.15, 0.2) is 5.69 Å². The van der Waals surface area contributed by atoms with Gasteiger partial charge in [-0.05, 0) is 44.0 Å². The van der Waals surface area contributed by atoms with Gasteiger partial charge in [-0.25, -0.2) is 8.42 Å². The van der Waals surface area contributed by atoms with Crippen molar-refractivity contribution in [1.82, 2.24) is 8.87 Å². The average molecular weight is 534 g/mol. The van der Waals surface area contributed by atoms with E-state index in [1.54, 1.807) is 6.92 Å². The average Bonchev–Trinajstić information content (AvgIpc) is 3.40. The number of sulfonamides is 1. The van der Waals surface area contributed by atoms with Crippen molar-refractivity contribution < 1.29 is 28.1 Å². The zero-order valence-corrected chi connectivity index (χ0v) is 21.6. The second-order valence-corrected chi connectivity index (χ2v) is 10.3. The number of benzene rings is 1. The van der Waals surface area contributed by atoms with Gasteiger partial charge in [-0.1, -0.05) is 6.92 Å². The Kier molecular flexibility index (Phi) is 9.90. The fraction of sp³-hybridized carbons (Fsp3) is 0.500. The highest BCUT2D eigenvalue weighted by molar-refractivity contribution is 7.89. The van der Waals surface area contributed by atoms with Crippen LogP contribution in [0.4, 0.5) is 11.4 Å². The molecule has 1 aliphatic rings. The van der Waals surface area contributed by atoms with E-state index in [0.717, 1.165) is 17.4 Å². The highest BCUT2D eigenvalue weighted by Crippen LogP contribution is 2.32. The van der Waals surface area contributed by atoms with E-state index in [-0.39, 0.29) is 54.2 Å². The number of rotatable bonds is 12. The third-order valence-corrected chi connectivity index (χ3v) is 7.94. The smallest absolute Gasteiger partial charge is 0.271 e. The van der Waals surface area contributed by atoms with Crippen LogP contribution in [0.15, 0.2) is 44.2 Å². The summed E-state index contributed by atoms with van der Waals surface area (Å²) in [7, 11) is -3.73. The summed E-state index contributed by atoms with van der Waals surface area (Å²) in [6.07, 6.45) is 1.64. The van der Waals surface area contributed by atoms with Gasteiger partial charge in [0.05, 0.1) is 43.1 Å². The summed E-state index contributed by atoms with van der Waals surface area (Å²) in [6.45, 7) is 4.33. The number of aromatic nitrogens is 1. The van der Waals surface area contributed by atoms with Gasteiger partial charge in [0.1, 0.15) is 11.6 Å². The molecular weight excluding hydrogens is 502 g/mol. The van der Waals surface area contributed by atoms with E-state index in [0.29, 0.717) is 25.4 Å². The summed E-state index contributed by atoms with van der Waals surface area (Å²) in [5.41, 5.74) is -0.484. The molecule has 200 valence electrons. The van der Waals surface area contributed by atoms with Gasteiger partial charge in [0.25, 0.3) is 5.56 Å². The van der Waals surface area contributed by atoms with Crippen LogP contribution in [0.25, 0.3) is 0 Å². The van der Waals surface area contributed by atoms with E-state index in [1.165, 1.54) is 35.5 Å². The van der Waals surface area contributed by atoms with E-state index in [2.05, 4.69) is 10.2 Å². The molecule has 1 fully saturated rings. The molecule has 0 bridgehead atoms. The summed E-state index contributed by atoms with van der Waals surface area (Å²) >= 11 is 0. The van der Waals surface area contributed by atoms with E-state index in [1.807, 2.05) is 6.07 Å². The van der Waals surface area contributed by atoms with Gasteiger partial charge in [0, 0.05) is 25.3 Å². The lowest BCUT2D eigenvalue weighted by Gasteiger charge is -2.23. The van der Waals surface area contributed by atoms with Crippen LogP contribution in [-0.4, -0.2) is 73.1 Å². The Hall–Kier alpha value is -3.15. The van der Waals surface area contributed by atoms with Gasteiger partial charge in [-0.15, -0.1) is 5.11 Å². The largest absolute Gasteiger partial charge is 0.493 e. The Morgan fingerprint density at radius 1 is 1.27 bits per heavy atom. The molecule has 12 nitrogen and oxygen atoms in total. The van der Waals surface area contributed by atoms with Crippen molar-refractivity contribution in [1.29, 1.82) is 5.26 Å². The lowest BCUT2D eigenvalue weighted by Crippen LogP contribution is -2.37. The van der Waals surface area contributed by atoms with Gasteiger partial charge in [-0.3, -0.25) is 9.36 Å². The summed E-state index contributed by atoms with van der Waals surface area (Å²) in [5.74, 6) is -0.482. The molecule has 1 aromatic heterocycles. The standard InChI is InChI=1S/C24H31N5O7S/c1-3-28(16-19-5-4-12-36-19)37(33,34)20-8-6-18(7-9-20)26-27-22-17(2)21(15-25)23(31)29(24(22)32)10-13-35-14-11-30/h6-9,19,30,32H,3-5,10-14,16H2,1-2H3/b27-26+. The lowest BCUT2D eigenvalue weighted by atomic mass is 10.1. The van der Waals surface area contributed by atoms with E-state index < -0.39 is 21.5 Å². The lowest BCUT2D eigenvalue weighted by molar-refractivity contribution is 0.0854. The molecule has 1 atom stereocenters. The van der Waals surface area contributed by atoms with Gasteiger partial charge < -0.3 is 19.7 Å².